The van der Waals surface area contributed by atoms with Crippen molar-refractivity contribution < 1.29 is 37.9 Å². The quantitative estimate of drug-likeness (QED) is 0.266. The van der Waals surface area contributed by atoms with E-state index in [0.717, 1.165) is 10.8 Å². The number of rotatable bonds is 9. The van der Waals surface area contributed by atoms with Crippen molar-refractivity contribution in [1.29, 1.82) is 5.26 Å². The number of carbonyl (C=O) groups is 1. The van der Waals surface area contributed by atoms with Gasteiger partial charge in [0.05, 0.1) is 12.7 Å². The molecule has 1 aromatic carbocycles. The summed E-state index contributed by atoms with van der Waals surface area (Å²) in [6.45, 7) is 1.32. The van der Waals surface area contributed by atoms with Crippen LogP contribution in [0.5, 0.6) is 0 Å². The van der Waals surface area contributed by atoms with E-state index in [1.54, 1.807) is 30.3 Å². The summed E-state index contributed by atoms with van der Waals surface area (Å²) in [7, 11) is -4.42. The molecule has 1 aromatic heterocycles. The molecule has 1 aliphatic rings. The number of nitrogens with zero attached hydrogens (tertiary/aromatic N) is 3. The minimum atomic E-state index is -4.42. The van der Waals surface area contributed by atoms with Crippen LogP contribution in [0, 0.1) is 11.5 Å². The van der Waals surface area contributed by atoms with Crippen molar-refractivity contribution in [2.75, 3.05) is 11.9 Å². The third kappa shape index (κ3) is 6.02. The molecule has 1 aliphatic heterocycles. The van der Waals surface area contributed by atoms with Crippen LogP contribution >= 0.6 is 7.82 Å². The summed E-state index contributed by atoms with van der Waals surface area (Å²) in [5, 5.41) is 31.5. The van der Waals surface area contributed by atoms with Crippen LogP contribution in [-0.4, -0.2) is 50.8 Å². The standard InChI is InChI=1S/C19H21N4O9P/c1-2-29-33(28,30-11-20)32-18(26)16-13(24)10-15(31-16)23-9-8-14(22-19(23)27)21-17(25)12-6-4-3-5-7-12/h3-9,13,15-16,18,24,26H,2,10H2,1H3,(H,21,22,25,27)/t13-,15+,16-,18?,33?/m0/s1. The second-order valence-electron chi connectivity index (χ2n) is 6.72. The monoisotopic (exact) mass is 480 g/mol. The highest BCUT2D eigenvalue weighted by atomic mass is 31.2. The molecular weight excluding hydrogens is 459 g/mol. The molecule has 3 N–H and O–H groups in total. The fraction of sp³-hybridized carbons (Fsp3) is 0.368. The number of aliphatic hydroxyl groups is 2. The smallest absolute Gasteiger partial charge is 0.390 e. The first-order valence-corrected chi connectivity index (χ1v) is 11.2. The summed E-state index contributed by atoms with van der Waals surface area (Å²) >= 11 is 0. The molecule has 0 saturated carbocycles. The van der Waals surface area contributed by atoms with E-state index in [2.05, 4.69) is 14.8 Å². The van der Waals surface area contributed by atoms with E-state index >= 15 is 0 Å². The Labute approximate surface area is 187 Å². The number of nitriles is 1. The van der Waals surface area contributed by atoms with Gasteiger partial charge in [0.25, 0.3) is 12.2 Å². The van der Waals surface area contributed by atoms with Gasteiger partial charge in [-0.15, -0.1) is 5.26 Å². The number of nitrogens with one attached hydrogen (secondary N) is 1. The van der Waals surface area contributed by atoms with Crippen molar-refractivity contribution in [2.24, 2.45) is 0 Å². The minimum absolute atomic E-state index is 0.00914. The number of phosphoric acid groups is 1. The van der Waals surface area contributed by atoms with E-state index in [1.807, 2.05) is 0 Å². The van der Waals surface area contributed by atoms with Crippen molar-refractivity contribution in [3.63, 3.8) is 0 Å². The molecule has 176 valence electrons. The number of anilines is 1. The minimum Gasteiger partial charge on any atom is -0.390 e. The number of carbonyl (C=O) groups excluding carboxylic acids is 1. The van der Waals surface area contributed by atoms with Gasteiger partial charge in [-0.05, 0) is 25.1 Å². The van der Waals surface area contributed by atoms with Crippen LogP contribution in [0.4, 0.5) is 5.82 Å². The molecule has 1 saturated heterocycles. The van der Waals surface area contributed by atoms with E-state index in [4.69, 9.17) is 19.0 Å². The summed E-state index contributed by atoms with van der Waals surface area (Å²) in [5.74, 6) is -0.443. The number of ether oxygens (including phenoxy) is 1. The highest BCUT2D eigenvalue weighted by Crippen LogP contribution is 2.51. The van der Waals surface area contributed by atoms with Crippen LogP contribution in [0.1, 0.15) is 29.9 Å². The van der Waals surface area contributed by atoms with Gasteiger partial charge in [0.15, 0.2) is 6.29 Å². The van der Waals surface area contributed by atoms with E-state index < -0.39 is 44.1 Å². The van der Waals surface area contributed by atoms with Gasteiger partial charge in [0.2, 0.25) is 0 Å². The molecule has 2 heterocycles. The molecule has 0 radical (unpaired) electrons. The van der Waals surface area contributed by atoms with E-state index in [-0.39, 0.29) is 18.8 Å². The first kappa shape index (κ1) is 24.5. The number of aromatic nitrogens is 2. The molecule has 1 fully saturated rings. The first-order valence-electron chi connectivity index (χ1n) is 9.74. The average Bonchev–Trinajstić information content (AvgIpc) is 3.16. The zero-order chi connectivity index (χ0) is 24.0. The fourth-order valence-corrected chi connectivity index (χ4v) is 4.02. The maximum atomic E-state index is 12.5. The fourth-order valence-electron chi connectivity index (χ4n) is 3.06. The molecule has 0 spiro atoms. The number of hydrogen-bond acceptors (Lipinski definition) is 11. The lowest BCUT2D eigenvalue weighted by atomic mass is 10.2. The molecule has 3 rings (SSSR count). The molecule has 0 aliphatic carbocycles. The van der Waals surface area contributed by atoms with Crippen LogP contribution in [0.15, 0.2) is 47.4 Å². The van der Waals surface area contributed by atoms with Crippen LogP contribution in [0.2, 0.25) is 0 Å². The lowest BCUT2D eigenvalue weighted by molar-refractivity contribution is -0.163. The highest BCUT2D eigenvalue weighted by Gasteiger charge is 2.44. The third-order valence-electron chi connectivity index (χ3n) is 4.51. The molecule has 2 aromatic rings. The molecule has 33 heavy (non-hydrogen) atoms. The lowest BCUT2D eigenvalue weighted by Gasteiger charge is -2.23. The van der Waals surface area contributed by atoms with Gasteiger partial charge in [-0.25, -0.2) is 13.9 Å². The Kier molecular flexibility index (Phi) is 7.93. The van der Waals surface area contributed by atoms with Crippen molar-refractivity contribution >= 4 is 19.5 Å². The van der Waals surface area contributed by atoms with Gasteiger partial charge < -0.3 is 24.8 Å². The Morgan fingerprint density at radius 1 is 1.42 bits per heavy atom. The molecule has 5 atom stereocenters. The van der Waals surface area contributed by atoms with Gasteiger partial charge in [0, 0.05) is 18.2 Å². The molecule has 2 unspecified atom stereocenters. The first-order chi connectivity index (χ1) is 15.8. The SMILES string of the molecule is CCOP(=O)(OC#N)OC(O)[C@H]1O[C@@H](n2ccc(NC(=O)c3ccccc3)nc2=O)C[C@@H]1O. The summed E-state index contributed by atoms with van der Waals surface area (Å²) < 4.78 is 32.6. The Morgan fingerprint density at radius 2 is 2.15 bits per heavy atom. The van der Waals surface area contributed by atoms with Crippen molar-refractivity contribution in [3.05, 3.63) is 58.6 Å². The number of benzene rings is 1. The van der Waals surface area contributed by atoms with Gasteiger partial charge >= 0.3 is 13.5 Å². The third-order valence-corrected chi connectivity index (χ3v) is 5.87. The summed E-state index contributed by atoms with van der Waals surface area (Å²) in [5.41, 5.74) is -0.408. The average molecular weight is 480 g/mol. The Morgan fingerprint density at radius 3 is 2.79 bits per heavy atom. The van der Waals surface area contributed by atoms with Crippen molar-refractivity contribution in [3.8, 4) is 6.26 Å². The number of aliphatic hydroxyl groups excluding tert-OH is 2. The molecule has 0 bridgehead atoms. The largest absolute Gasteiger partial charge is 0.542 e. The maximum Gasteiger partial charge on any atom is 0.542 e. The summed E-state index contributed by atoms with van der Waals surface area (Å²) in [6, 6.07) is 9.71. The normalized spacial score (nSPS) is 22.7. The van der Waals surface area contributed by atoms with Crippen LogP contribution in [0.3, 0.4) is 0 Å². The molecule has 1 amide bonds. The van der Waals surface area contributed by atoms with E-state index in [0.29, 0.717) is 5.56 Å². The topological polar surface area (TPSA) is 182 Å². The highest BCUT2D eigenvalue weighted by molar-refractivity contribution is 7.48. The van der Waals surface area contributed by atoms with Crippen molar-refractivity contribution in [2.45, 2.75) is 38.1 Å². The van der Waals surface area contributed by atoms with Gasteiger partial charge in [-0.1, -0.05) is 18.2 Å². The Balaban J connectivity index is 1.68. The Hall–Kier alpha value is -3.11. The maximum absolute atomic E-state index is 12.5. The van der Waals surface area contributed by atoms with E-state index in [1.165, 1.54) is 19.2 Å². The predicted molar refractivity (Wildman–Crippen MR) is 110 cm³/mol. The molecule has 14 heteroatoms. The van der Waals surface area contributed by atoms with Crippen LogP contribution < -0.4 is 11.0 Å². The Bertz CT molecular complexity index is 1120. The second kappa shape index (κ2) is 10.7. The molecular formula is C19H21N4O9P. The second-order valence-corrected chi connectivity index (χ2v) is 8.27. The van der Waals surface area contributed by atoms with Gasteiger partial charge in [-0.3, -0.25) is 13.9 Å². The number of amides is 1. The zero-order valence-corrected chi connectivity index (χ0v) is 18.2. The molecule has 13 nitrogen and oxygen atoms in total. The predicted octanol–water partition coefficient (Wildman–Crippen LogP) is 1.12. The number of hydrogen-bond donors (Lipinski definition) is 3. The van der Waals surface area contributed by atoms with Crippen LogP contribution in [-0.2, 0) is 22.9 Å². The van der Waals surface area contributed by atoms with E-state index in [9.17, 15) is 24.4 Å². The summed E-state index contributed by atoms with van der Waals surface area (Å²) in [6.07, 6.45) is -3.49. The zero-order valence-electron chi connectivity index (χ0n) is 17.3. The van der Waals surface area contributed by atoms with Crippen LogP contribution in [0.25, 0.3) is 0 Å². The number of phosphoric ester groups is 1. The summed E-state index contributed by atoms with van der Waals surface area (Å²) in [4.78, 5) is 28.4. The van der Waals surface area contributed by atoms with Gasteiger partial charge in [0.1, 0.15) is 18.1 Å². The van der Waals surface area contributed by atoms with Gasteiger partial charge in [-0.2, -0.15) is 4.98 Å². The lowest BCUT2D eigenvalue weighted by Crippen LogP contribution is -2.36. The van der Waals surface area contributed by atoms with Crippen molar-refractivity contribution in [1.82, 2.24) is 9.55 Å².